The van der Waals surface area contributed by atoms with Gasteiger partial charge in [0, 0.05) is 12.7 Å². The second-order valence-corrected chi connectivity index (χ2v) is 2.86. The van der Waals surface area contributed by atoms with Crippen molar-refractivity contribution in [1.82, 2.24) is 0 Å². The van der Waals surface area contributed by atoms with Crippen molar-refractivity contribution in [3.8, 4) is 6.07 Å². The largest absolute Gasteiger partial charge is 0.316 e. The second-order valence-electron chi connectivity index (χ2n) is 2.86. The highest BCUT2D eigenvalue weighted by atomic mass is 19.3. The molecule has 0 N–H and O–H groups in total. The van der Waals surface area contributed by atoms with Crippen LogP contribution in [-0.2, 0) is 4.79 Å². The smallest absolute Gasteiger partial charge is 0.311 e. The molecule has 0 atom stereocenters. The van der Waals surface area contributed by atoms with Crippen LogP contribution in [0.5, 0.6) is 0 Å². The number of benzene rings is 1. The number of carbonyl (C=O) groups is 1. The van der Waals surface area contributed by atoms with E-state index in [0.717, 1.165) is 4.90 Å². The van der Waals surface area contributed by atoms with E-state index in [9.17, 15) is 13.6 Å². The van der Waals surface area contributed by atoms with Crippen molar-refractivity contribution < 1.29 is 13.6 Å². The van der Waals surface area contributed by atoms with Gasteiger partial charge in [-0.3, -0.25) is 4.79 Å². The molecule has 0 fully saturated rings. The second kappa shape index (κ2) is 4.51. The third kappa shape index (κ3) is 2.50. The predicted octanol–water partition coefficient (Wildman–Crippen LogP) is 1.79. The Morgan fingerprint density at radius 2 is 1.93 bits per heavy atom. The Kier molecular flexibility index (Phi) is 3.34. The molecule has 1 aromatic rings. The first-order chi connectivity index (χ1) is 7.06. The van der Waals surface area contributed by atoms with E-state index in [0.29, 0.717) is 11.3 Å². The zero-order valence-electron chi connectivity index (χ0n) is 7.95. The highest BCUT2D eigenvalue weighted by molar-refractivity contribution is 5.95. The Morgan fingerprint density at radius 1 is 1.40 bits per heavy atom. The van der Waals surface area contributed by atoms with Crippen molar-refractivity contribution in [3.63, 3.8) is 0 Å². The van der Waals surface area contributed by atoms with Gasteiger partial charge >= 0.3 is 6.43 Å². The van der Waals surface area contributed by atoms with Gasteiger partial charge in [0.2, 0.25) is 0 Å². The molecule has 1 aromatic carbocycles. The average Bonchev–Trinajstić information content (AvgIpc) is 2.27. The summed E-state index contributed by atoms with van der Waals surface area (Å²) in [4.78, 5) is 11.8. The van der Waals surface area contributed by atoms with Crippen molar-refractivity contribution in [2.75, 3.05) is 11.9 Å². The van der Waals surface area contributed by atoms with Crippen molar-refractivity contribution in [1.29, 1.82) is 5.26 Å². The Balaban J connectivity index is 2.88. The Bertz CT molecular complexity index is 395. The van der Waals surface area contributed by atoms with Gasteiger partial charge in [-0.25, -0.2) is 0 Å². The highest BCUT2D eigenvalue weighted by Crippen LogP contribution is 2.15. The number of halogens is 2. The summed E-state index contributed by atoms with van der Waals surface area (Å²) in [7, 11) is 1.26. The zero-order valence-corrected chi connectivity index (χ0v) is 7.95. The molecular weight excluding hydrogens is 202 g/mol. The molecule has 1 rings (SSSR count). The van der Waals surface area contributed by atoms with Crippen molar-refractivity contribution in [3.05, 3.63) is 29.8 Å². The average molecular weight is 210 g/mol. The van der Waals surface area contributed by atoms with Gasteiger partial charge in [0.15, 0.2) is 0 Å². The fraction of sp³-hybridized carbons (Fsp3) is 0.200. The van der Waals surface area contributed by atoms with E-state index in [-0.39, 0.29) is 0 Å². The number of hydrogen-bond donors (Lipinski definition) is 0. The zero-order chi connectivity index (χ0) is 11.4. The summed E-state index contributed by atoms with van der Waals surface area (Å²) in [6.45, 7) is 0. The molecular formula is C10H8F2N2O. The molecule has 15 heavy (non-hydrogen) atoms. The van der Waals surface area contributed by atoms with Gasteiger partial charge in [-0.1, -0.05) is 0 Å². The van der Waals surface area contributed by atoms with E-state index in [2.05, 4.69) is 0 Å². The number of hydrogen-bond acceptors (Lipinski definition) is 2. The number of nitrogens with zero attached hydrogens (tertiary/aromatic N) is 2. The maximum Gasteiger partial charge on any atom is 0.316 e. The predicted molar refractivity (Wildman–Crippen MR) is 50.6 cm³/mol. The normalized spacial score (nSPS) is 9.80. The van der Waals surface area contributed by atoms with E-state index in [1.807, 2.05) is 6.07 Å². The molecule has 0 aliphatic heterocycles. The van der Waals surface area contributed by atoms with E-state index >= 15 is 0 Å². The maximum atomic E-state index is 12.1. The van der Waals surface area contributed by atoms with Crippen molar-refractivity contribution >= 4 is 11.6 Å². The highest BCUT2D eigenvalue weighted by Gasteiger charge is 2.20. The number of alkyl halides is 2. The summed E-state index contributed by atoms with van der Waals surface area (Å²) in [6, 6.07) is 7.71. The minimum atomic E-state index is -3.02. The SMILES string of the molecule is CN(C(=O)C(F)F)c1ccc(C#N)cc1. The Morgan fingerprint density at radius 3 is 2.33 bits per heavy atom. The van der Waals surface area contributed by atoms with E-state index in [1.165, 1.54) is 31.3 Å². The third-order valence-corrected chi connectivity index (χ3v) is 1.90. The molecule has 3 nitrogen and oxygen atoms in total. The van der Waals surface area contributed by atoms with Gasteiger partial charge in [-0.2, -0.15) is 14.0 Å². The molecule has 78 valence electrons. The van der Waals surface area contributed by atoms with Crippen LogP contribution in [0.25, 0.3) is 0 Å². The number of amides is 1. The van der Waals surface area contributed by atoms with Gasteiger partial charge in [-0.15, -0.1) is 0 Å². The quantitative estimate of drug-likeness (QED) is 0.746. The van der Waals surface area contributed by atoms with Crippen LogP contribution in [-0.4, -0.2) is 19.4 Å². The summed E-state index contributed by atoms with van der Waals surface area (Å²) in [5, 5.41) is 8.51. The van der Waals surface area contributed by atoms with Gasteiger partial charge < -0.3 is 4.90 Å². The molecule has 0 unspecified atom stereocenters. The first kappa shape index (κ1) is 11.1. The summed E-state index contributed by atoms with van der Waals surface area (Å²) in [5.74, 6) is -1.26. The number of nitriles is 1. The Hall–Kier alpha value is -1.96. The molecule has 0 aromatic heterocycles. The van der Waals surface area contributed by atoms with Crippen molar-refractivity contribution in [2.45, 2.75) is 6.43 Å². The van der Waals surface area contributed by atoms with Crippen LogP contribution in [0.4, 0.5) is 14.5 Å². The minimum Gasteiger partial charge on any atom is -0.311 e. The minimum absolute atomic E-state index is 0.333. The van der Waals surface area contributed by atoms with Gasteiger partial charge in [0.05, 0.1) is 11.6 Å². The van der Waals surface area contributed by atoms with Crippen LogP contribution in [0, 0.1) is 11.3 Å². The van der Waals surface area contributed by atoms with Gasteiger partial charge in [-0.05, 0) is 24.3 Å². The third-order valence-electron chi connectivity index (χ3n) is 1.90. The summed E-state index contributed by atoms with van der Waals surface area (Å²) in [5.41, 5.74) is 0.746. The van der Waals surface area contributed by atoms with Crippen LogP contribution in [0.3, 0.4) is 0 Å². The molecule has 0 aliphatic rings. The fourth-order valence-electron chi connectivity index (χ4n) is 1.03. The molecule has 0 heterocycles. The van der Waals surface area contributed by atoms with Crippen LogP contribution < -0.4 is 4.90 Å². The van der Waals surface area contributed by atoms with Gasteiger partial charge in [0.1, 0.15) is 0 Å². The number of anilines is 1. The van der Waals surface area contributed by atoms with Crippen LogP contribution in [0.1, 0.15) is 5.56 Å². The molecule has 0 bridgehead atoms. The van der Waals surface area contributed by atoms with Crippen LogP contribution in [0.2, 0.25) is 0 Å². The fourth-order valence-corrected chi connectivity index (χ4v) is 1.03. The lowest BCUT2D eigenvalue weighted by Gasteiger charge is -2.16. The lowest BCUT2D eigenvalue weighted by Crippen LogP contribution is -2.31. The molecule has 0 aliphatic carbocycles. The maximum absolute atomic E-state index is 12.1. The lowest BCUT2D eigenvalue weighted by atomic mass is 10.2. The summed E-state index contributed by atoms with van der Waals surface area (Å²) in [6.07, 6.45) is -3.02. The number of rotatable bonds is 2. The first-order valence-corrected chi connectivity index (χ1v) is 4.12. The topological polar surface area (TPSA) is 44.1 Å². The first-order valence-electron chi connectivity index (χ1n) is 4.12. The molecule has 0 radical (unpaired) electrons. The number of carbonyl (C=O) groups excluding carboxylic acids is 1. The molecule has 0 saturated heterocycles. The van der Waals surface area contributed by atoms with Crippen LogP contribution in [0.15, 0.2) is 24.3 Å². The molecule has 0 saturated carbocycles. The van der Waals surface area contributed by atoms with Gasteiger partial charge in [0.25, 0.3) is 5.91 Å². The molecule has 0 spiro atoms. The molecule has 1 amide bonds. The lowest BCUT2D eigenvalue weighted by molar-refractivity contribution is -0.128. The Labute approximate surface area is 85.5 Å². The summed E-state index contributed by atoms with van der Waals surface area (Å²) >= 11 is 0. The van der Waals surface area contributed by atoms with Crippen LogP contribution >= 0.6 is 0 Å². The molecule has 5 heteroatoms. The van der Waals surface area contributed by atoms with E-state index in [4.69, 9.17) is 5.26 Å². The van der Waals surface area contributed by atoms with E-state index in [1.54, 1.807) is 0 Å². The monoisotopic (exact) mass is 210 g/mol. The van der Waals surface area contributed by atoms with E-state index < -0.39 is 12.3 Å². The summed E-state index contributed by atoms with van der Waals surface area (Å²) < 4.78 is 24.1. The van der Waals surface area contributed by atoms with Crippen molar-refractivity contribution in [2.24, 2.45) is 0 Å². The standard InChI is InChI=1S/C10H8F2N2O/c1-14(10(15)9(11)12)8-4-2-7(6-13)3-5-8/h2-5,9H,1H3.